The van der Waals surface area contributed by atoms with Gasteiger partial charge in [-0.2, -0.15) is 0 Å². The van der Waals surface area contributed by atoms with Gasteiger partial charge in [0.2, 0.25) is 20.0 Å². The van der Waals surface area contributed by atoms with Crippen molar-refractivity contribution in [2.75, 3.05) is 22.0 Å². The summed E-state index contributed by atoms with van der Waals surface area (Å²) >= 11 is 0. The first-order valence-electron chi connectivity index (χ1n) is 8.82. The van der Waals surface area contributed by atoms with Crippen molar-refractivity contribution >= 4 is 49.1 Å². The second-order valence-corrected chi connectivity index (χ2v) is 10.5. The molecule has 2 aliphatic heterocycles. The number of amides is 3. The lowest BCUT2D eigenvalue weighted by atomic mass is 10.1. The second-order valence-electron chi connectivity index (χ2n) is 6.97. The monoisotopic (exact) mass is 482 g/mol. The molecule has 3 amide bonds. The number of hydrogen-bond donors (Lipinski definition) is 5. The van der Waals surface area contributed by atoms with Crippen molar-refractivity contribution < 1.29 is 36.3 Å². The van der Waals surface area contributed by atoms with Crippen LogP contribution in [0.5, 0.6) is 0 Å². The van der Waals surface area contributed by atoms with E-state index in [0.717, 1.165) is 12.5 Å². The highest BCUT2D eigenvalue weighted by Crippen LogP contribution is 2.26. The van der Waals surface area contributed by atoms with Gasteiger partial charge in [0, 0.05) is 22.5 Å². The average Bonchev–Trinajstić information content (AvgIpc) is 3.08. The van der Waals surface area contributed by atoms with Gasteiger partial charge in [-0.1, -0.05) is 0 Å². The van der Waals surface area contributed by atoms with Gasteiger partial charge in [-0.25, -0.2) is 16.8 Å². The molecular formula is C18H18N4O8S2. The summed E-state index contributed by atoms with van der Waals surface area (Å²) in [7, 11) is -6.75. The highest BCUT2D eigenvalue weighted by Gasteiger charge is 2.27. The van der Waals surface area contributed by atoms with Crippen LogP contribution < -0.4 is 20.1 Å². The average molecular weight is 482 g/mol. The second kappa shape index (κ2) is 8.22. The summed E-state index contributed by atoms with van der Waals surface area (Å²) in [6.07, 6.45) is 0.953. The maximum atomic E-state index is 11.3. The maximum Gasteiger partial charge on any atom is 0.259 e. The molecule has 1 unspecified atom stereocenters. The Morgan fingerprint density at radius 3 is 1.81 bits per heavy atom. The van der Waals surface area contributed by atoms with Gasteiger partial charge in [0.15, 0.2) is 6.23 Å². The quantitative estimate of drug-likeness (QED) is 0.368. The van der Waals surface area contributed by atoms with E-state index < -0.39 is 38.1 Å². The molecule has 0 saturated heterocycles. The Morgan fingerprint density at radius 2 is 1.25 bits per heavy atom. The first kappa shape index (κ1) is 23.2. The molecule has 0 radical (unpaired) electrons. The van der Waals surface area contributed by atoms with E-state index in [2.05, 4.69) is 20.1 Å². The van der Waals surface area contributed by atoms with E-state index in [1.807, 2.05) is 0 Å². The van der Waals surface area contributed by atoms with Crippen LogP contribution in [0.1, 0.15) is 42.9 Å². The van der Waals surface area contributed by atoms with Crippen LogP contribution in [0.4, 0.5) is 11.4 Å². The van der Waals surface area contributed by atoms with Gasteiger partial charge in [-0.15, -0.1) is 0 Å². The van der Waals surface area contributed by atoms with E-state index in [4.69, 9.17) is 0 Å². The predicted molar refractivity (Wildman–Crippen MR) is 114 cm³/mol. The lowest BCUT2D eigenvalue weighted by Gasteiger charge is -2.07. The zero-order chi connectivity index (χ0) is 23.8. The molecule has 4 rings (SSSR count). The lowest BCUT2D eigenvalue weighted by Crippen LogP contribution is -2.19. The standard InChI is InChI=1S/C9H10N2O4S.C9H8N2O4S/c2*1-16(14,15)11-5-2-3-6-7(4-5)9(13)10-8(6)12/h2-4,9,11,13H,1H3,(H,10,12);2-4,11H,1H3,(H,10,12,13). The fourth-order valence-corrected chi connectivity index (χ4v) is 4.11. The van der Waals surface area contributed by atoms with Crippen molar-refractivity contribution in [3.05, 3.63) is 58.7 Å². The molecule has 0 fully saturated rings. The zero-order valence-electron chi connectivity index (χ0n) is 16.7. The number of nitrogens with one attached hydrogen (secondary N) is 4. The molecule has 32 heavy (non-hydrogen) atoms. The number of imide groups is 1. The molecule has 0 aromatic heterocycles. The Balaban J connectivity index is 0.000000181. The Labute approximate surface area is 183 Å². The van der Waals surface area contributed by atoms with Gasteiger partial charge in [0.25, 0.3) is 17.7 Å². The summed E-state index contributed by atoms with van der Waals surface area (Å²) in [5, 5.41) is 13.9. The van der Waals surface area contributed by atoms with Gasteiger partial charge in [0.05, 0.1) is 23.6 Å². The van der Waals surface area contributed by atoms with Crippen molar-refractivity contribution in [2.45, 2.75) is 6.23 Å². The molecule has 0 bridgehead atoms. The summed E-state index contributed by atoms with van der Waals surface area (Å²) in [4.78, 5) is 33.7. The predicted octanol–water partition coefficient (Wildman–Crippen LogP) is -0.266. The van der Waals surface area contributed by atoms with Crippen LogP contribution >= 0.6 is 0 Å². The highest BCUT2D eigenvalue weighted by atomic mass is 32.2. The normalized spacial score (nSPS) is 16.8. The number of benzene rings is 2. The Bertz CT molecular complexity index is 1350. The number of carbonyl (C=O) groups is 3. The first-order valence-corrected chi connectivity index (χ1v) is 12.6. The number of carbonyl (C=O) groups excluding carboxylic acids is 3. The third-order valence-electron chi connectivity index (χ3n) is 4.20. The molecule has 2 heterocycles. The van der Waals surface area contributed by atoms with Crippen molar-refractivity contribution in [2.24, 2.45) is 0 Å². The van der Waals surface area contributed by atoms with E-state index in [0.29, 0.717) is 16.8 Å². The SMILES string of the molecule is CS(=O)(=O)Nc1ccc2c(c1)C(=O)NC2=O.CS(=O)(=O)Nc1ccc2c(c1)C(O)NC2=O. The smallest absolute Gasteiger partial charge is 0.259 e. The molecule has 2 aromatic rings. The van der Waals surface area contributed by atoms with Gasteiger partial charge in [-0.05, 0) is 36.4 Å². The third-order valence-corrected chi connectivity index (χ3v) is 5.41. The molecule has 0 spiro atoms. The molecule has 1 atom stereocenters. The number of aliphatic hydroxyl groups is 1. The molecule has 12 nitrogen and oxygen atoms in total. The van der Waals surface area contributed by atoms with E-state index in [1.54, 1.807) is 0 Å². The number of rotatable bonds is 4. The fourth-order valence-electron chi connectivity index (χ4n) is 3.00. The molecular weight excluding hydrogens is 464 g/mol. The Morgan fingerprint density at radius 1 is 0.750 bits per heavy atom. The summed E-state index contributed by atoms with van der Waals surface area (Å²) in [5.41, 5.74) is 1.73. The first-order chi connectivity index (χ1) is 14.7. The zero-order valence-corrected chi connectivity index (χ0v) is 18.3. The van der Waals surface area contributed by atoms with Crippen LogP contribution in [0.3, 0.4) is 0 Å². The summed E-state index contributed by atoms with van der Waals surface area (Å²) in [6.45, 7) is 0. The number of hydrogen-bond acceptors (Lipinski definition) is 8. The van der Waals surface area contributed by atoms with Crippen LogP contribution in [-0.2, 0) is 20.0 Å². The van der Waals surface area contributed by atoms with E-state index in [9.17, 15) is 36.3 Å². The molecule has 2 aromatic carbocycles. The maximum absolute atomic E-state index is 11.3. The summed E-state index contributed by atoms with van der Waals surface area (Å²) in [6, 6.07) is 8.53. The molecule has 170 valence electrons. The fraction of sp³-hybridized carbons (Fsp3) is 0.167. The highest BCUT2D eigenvalue weighted by molar-refractivity contribution is 7.92. The minimum absolute atomic E-state index is 0.179. The van der Waals surface area contributed by atoms with E-state index in [-0.39, 0.29) is 22.7 Å². The van der Waals surface area contributed by atoms with Crippen molar-refractivity contribution in [3.8, 4) is 0 Å². The Kier molecular flexibility index (Phi) is 5.95. The summed E-state index contributed by atoms with van der Waals surface area (Å²) < 4.78 is 48.4. The van der Waals surface area contributed by atoms with E-state index in [1.165, 1.54) is 36.4 Å². The minimum atomic E-state index is -3.39. The molecule has 2 aliphatic rings. The van der Waals surface area contributed by atoms with Gasteiger partial charge >= 0.3 is 0 Å². The number of fused-ring (bicyclic) bond motifs is 2. The molecule has 0 aliphatic carbocycles. The van der Waals surface area contributed by atoms with Crippen LogP contribution in [-0.4, -0.2) is 52.2 Å². The van der Waals surface area contributed by atoms with Crippen LogP contribution in [0, 0.1) is 0 Å². The van der Waals surface area contributed by atoms with Crippen LogP contribution in [0.25, 0.3) is 0 Å². The summed E-state index contributed by atoms with van der Waals surface area (Å²) in [5.74, 6) is -1.35. The van der Waals surface area contributed by atoms with Crippen LogP contribution in [0.2, 0.25) is 0 Å². The van der Waals surface area contributed by atoms with Crippen molar-refractivity contribution in [1.82, 2.24) is 10.6 Å². The lowest BCUT2D eigenvalue weighted by molar-refractivity contribution is 0.0845. The van der Waals surface area contributed by atoms with Gasteiger partial charge in [0.1, 0.15) is 0 Å². The molecule has 14 heteroatoms. The van der Waals surface area contributed by atoms with Gasteiger partial charge in [-0.3, -0.25) is 29.1 Å². The number of anilines is 2. The number of aliphatic hydroxyl groups excluding tert-OH is 1. The van der Waals surface area contributed by atoms with Crippen molar-refractivity contribution in [3.63, 3.8) is 0 Å². The van der Waals surface area contributed by atoms with Gasteiger partial charge < -0.3 is 10.4 Å². The topological polar surface area (TPSA) is 188 Å². The Hall–Kier alpha value is -3.49. The largest absolute Gasteiger partial charge is 0.369 e. The van der Waals surface area contributed by atoms with E-state index >= 15 is 0 Å². The van der Waals surface area contributed by atoms with Crippen molar-refractivity contribution in [1.29, 1.82) is 0 Å². The third kappa shape index (κ3) is 5.40. The molecule has 0 saturated carbocycles. The minimum Gasteiger partial charge on any atom is -0.369 e. The number of sulfonamides is 2. The van der Waals surface area contributed by atoms with Crippen LogP contribution in [0.15, 0.2) is 36.4 Å². The molecule has 5 N–H and O–H groups in total.